The molecule has 12 heteroatoms. The van der Waals surface area contributed by atoms with Crippen molar-refractivity contribution < 1.29 is 27.9 Å². The van der Waals surface area contributed by atoms with E-state index in [1.54, 1.807) is 18.3 Å². The van der Waals surface area contributed by atoms with Crippen molar-refractivity contribution in [3.63, 3.8) is 0 Å². The number of nitrogens with one attached hydrogen (secondary N) is 1. The highest BCUT2D eigenvalue weighted by molar-refractivity contribution is 7.97. The predicted molar refractivity (Wildman–Crippen MR) is 109 cm³/mol. The van der Waals surface area contributed by atoms with Gasteiger partial charge in [0.15, 0.2) is 0 Å². The van der Waals surface area contributed by atoms with Gasteiger partial charge >= 0.3 is 0 Å². The van der Waals surface area contributed by atoms with Crippen LogP contribution >= 0.6 is 0 Å². The van der Waals surface area contributed by atoms with Crippen molar-refractivity contribution in [2.75, 3.05) is 11.5 Å². The lowest BCUT2D eigenvalue weighted by Gasteiger charge is -2.27. The Morgan fingerprint density at radius 2 is 1.94 bits per heavy atom. The van der Waals surface area contributed by atoms with Crippen molar-refractivity contribution in [2.24, 2.45) is 0 Å². The molecule has 3 aliphatic rings. The Labute approximate surface area is 183 Å². The van der Waals surface area contributed by atoms with E-state index >= 15 is 0 Å². The standard InChI is InChI=1S/C20H19N5O6S/c26-16-7-6-15(18(27)21-16)25-19(28)12-4-1-5-14(17(12)20(25)29)24-9-13(22-23-24)11-3-2-8-32(30,31)10-11/h1,4-5,9,11,15H,2-3,6-8,10H2,(H-,21,26,27,30,31). The number of amides is 4. The van der Waals surface area contributed by atoms with E-state index in [9.17, 15) is 27.9 Å². The fourth-order valence-electron chi connectivity index (χ4n) is 4.53. The lowest BCUT2D eigenvalue weighted by atomic mass is 10.0. The summed E-state index contributed by atoms with van der Waals surface area (Å²) in [5.74, 6) is -2.50. The minimum absolute atomic E-state index is 0.000698. The monoisotopic (exact) mass is 457 g/mol. The molecule has 0 bridgehead atoms. The maximum Gasteiger partial charge on any atom is 0.264 e. The second kappa shape index (κ2) is 7.41. The van der Waals surface area contributed by atoms with Gasteiger partial charge in [-0.1, -0.05) is 11.3 Å². The minimum atomic E-state index is -3.13. The average Bonchev–Trinajstić information content (AvgIpc) is 3.32. The maximum absolute atomic E-state index is 13.2. The number of benzene rings is 1. The van der Waals surface area contributed by atoms with Crippen LogP contribution < -0.4 is 5.32 Å². The summed E-state index contributed by atoms with van der Waals surface area (Å²) in [5.41, 5.74) is 1.04. The van der Waals surface area contributed by atoms with E-state index in [0.717, 1.165) is 4.90 Å². The summed E-state index contributed by atoms with van der Waals surface area (Å²) in [4.78, 5) is 50.8. The number of hydrogen-bond donors (Lipinski definition) is 1. The molecule has 1 aromatic heterocycles. The largest absolute Gasteiger partial charge is 0.615 e. The van der Waals surface area contributed by atoms with Gasteiger partial charge in [0, 0.05) is 22.6 Å². The third-order valence-corrected chi connectivity index (χ3v) is 7.91. The van der Waals surface area contributed by atoms with Crippen LogP contribution in [0.15, 0.2) is 24.4 Å². The molecule has 11 nitrogen and oxygen atoms in total. The van der Waals surface area contributed by atoms with Crippen LogP contribution in [0.4, 0.5) is 0 Å². The highest BCUT2D eigenvalue weighted by atomic mass is 32.3. The second-order valence-corrected chi connectivity index (χ2v) is 10.4. The molecule has 4 amide bonds. The molecule has 0 saturated carbocycles. The summed E-state index contributed by atoms with van der Waals surface area (Å²) in [7, 11) is -3.13. The zero-order valence-electron chi connectivity index (χ0n) is 16.9. The molecule has 32 heavy (non-hydrogen) atoms. The molecule has 3 unspecified atom stereocenters. The van der Waals surface area contributed by atoms with Gasteiger partial charge in [-0.3, -0.25) is 29.4 Å². The van der Waals surface area contributed by atoms with E-state index in [-0.39, 0.29) is 41.4 Å². The Kier molecular flexibility index (Phi) is 4.78. The molecule has 5 rings (SSSR count). The minimum Gasteiger partial charge on any atom is -0.615 e. The van der Waals surface area contributed by atoms with Gasteiger partial charge in [-0.15, -0.1) is 9.31 Å². The third kappa shape index (κ3) is 3.35. The first-order chi connectivity index (χ1) is 15.2. The highest BCUT2D eigenvalue weighted by Gasteiger charge is 2.46. The quantitative estimate of drug-likeness (QED) is 0.505. The van der Waals surface area contributed by atoms with Crippen molar-refractivity contribution in [1.82, 2.24) is 25.2 Å². The van der Waals surface area contributed by atoms with Gasteiger partial charge < -0.3 is 4.55 Å². The van der Waals surface area contributed by atoms with Crippen molar-refractivity contribution in [2.45, 2.75) is 37.6 Å². The second-order valence-electron chi connectivity index (χ2n) is 8.19. The van der Waals surface area contributed by atoms with Crippen molar-refractivity contribution in [1.29, 1.82) is 0 Å². The SMILES string of the molecule is O=C1CCC(N2C(=O)c3cccc(-n4cc(C5CCC[S+](=O)([O-])C5)nn4)c3C2=O)C(=O)N1. The number of aromatic nitrogens is 3. The van der Waals surface area contributed by atoms with Crippen molar-refractivity contribution in [3.05, 3.63) is 41.2 Å². The zero-order valence-corrected chi connectivity index (χ0v) is 17.7. The fraction of sp³-hybridized carbons (Fsp3) is 0.400. The van der Waals surface area contributed by atoms with E-state index in [4.69, 9.17) is 0 Å². The molecule has 0 radical (unpaired) electrons. The summed E-state index contributed by atoms with van der Waals surface area (Å²) < 4.78 is 25.3. The molecular weight excluding hydrogens is 438 g/mol. The summed E-state index contributed by atoms with van der Waals surface area (Å²) in [6, 6.07) is 3.64. The normalized spacial score (nSPS) is 28.1. The number of imide groups is 2. The molecule has 1 N–H and O–H groups in total. The lowest BCUT2D eigenvalue weighted by Crippen LogP contribution is -2.54. The molecule has 4 heterocycles. The van der Waals surface area contributed by atoms with Crippen LogP contribution in [0.1, 0.15) is 58.0 Å². The number of rotatable bonds is 3. The van der Waals surface area contributed by atoms with Crippen LogP contribution in [0.3, 0.4) is 0 Å². The summed E-state index contributed by atoms with van der Waals surface area (Å²) in [6.07, 6.45) is 2.90. The maximum atomic E-state index is 13.2. The van der Waals surface area contributed by atoms with Gasteiger partial charge in [-0.05, 0) is 31.4 Å². The van der Waals surface area contributed by atoms with Crippen LogP contribution in [0.25, 0.3) is 5.69 Å². The average molecular weight is 457 g/mol. The molecule has 3 atom stereocenters. The number of piperidine rings is 1. The number of carbonyl (C=O) groups is 4. The van der Waals surface area contributed by atoms with Crippen LogP contribution in [-0.2, 0) is 24.0 Å². The Morgan fingerprint density at radius 3 is 2.69 bits per heavy atom. The van der Waals surface area contributed by atoms with Crippen molar-refractivity contribution >= 4 is 33.8 Å². The number of sulfone groups is 1. The Bertz CT molecular complexity index is 1220. The van der Waals surface area contributed by atoms with E-state index < -0.39 is 39.9 Å². The molecule has 2 aromatic rings. The molecule has 0 aliphatic carbocycles. The summed E-state index contributed by atoms with van der Waals surface area (Å²) in [6.45, 7) is 0. The smallest absolute Gasteiger partial charge is 0.264 e. The number of fused-ring (bicyclic) bond motifs is 1. The van der Waals surface area contributed by atoms with Crippen LogP contribution in [0.5, 0.6) is 0 Å². The Morgan fingerprint density at radius 1 is 1.12 bits per heavy atom. The molecule has 2 saturated heterocycles. The first-order valence-corrected chi connectivity index (χ1v) is 12.0. The van der Waals surface area contributed by atoms with Crippen LogP contribution in [0, 0.1) is 0 Å². The van der Waals surface area contributed by atoms with Gasteiger partial charge in [0.2, 0.25) is 11.8 Å². The van der Waals surface area contributed by atoms with Gasteiger partial charge in [0.1, 0.15) is 17.5 Å². The lowest BCUT2D eigenvalue weighted by molar-refractivity contribution is -0.136. The molecule has 1 aromatic carbocycles. The van der Waals surface area contributed by atoms with E-state index in [1.807, 2.05) is 0 Å². The number of carbonyl (C=O) groups excluding carboxylic acids is 4. The van der Waals surface area contributed by atoms with Crippen molar-refractivity contribution in [3.8, 4) is 5.69 Å². The van der Waals surface area contributed by atoms with Crippen LogP contribution in [0.2, 0.25) is 0 Å². The van der Waals surface area contributed by atoms with E-state index in [0.29, 0.717) is 24.2 Å². The van der Waals surface area contributed by atoms with Gasteiger partial charge in [0.25, 0.3) is 11.8 Å². The molecule has 3 aliphatic heterocycles. The first kappa shape index (κ1) is 20.6. The van der Waals surface area contributed by atoms with Gasteiger partial charge in [0.05, 0.1) is 28.7 Å². The summed E-state index contributed by atoms with van der Waals surface area (Å²) in [5, 5.41) is 10.4. The number of hydrogen-bond acceptors (Lipinski definition) is 8. The van der Waals surface area contributed by atoms with E-state index in [2.05, 4.69) is 15.6 Å². The summed E-state index contributed by atoms with van der Waals surface area (Å²) >= 11 is 0. The first-order valence-electron chi connectivity index (χ1n) is 10.2. The Hall–Kier alpha value is -3.25. The zero-order chi connectivity index (χ0) is 22.6. The highest BCUT2D eigenvalue weighted by Crippen LogP contribution is 2.33. The molecule has 2 fully saturated rings. The molecule has 166 valence electrons. The third-order valence-electron chi connectivity index (χ3n) is 6.09. The Balaban J connectivity index is 1.48. The van der Waals surface area contributed by atoms with Gasteiger partial charge in [-0.25, -0.2) is 4.68 Å². The van der Waals surface area contributed by atoms with Gasteiger partial charge in [-0.2, -0.15) is 0 Å². The van der Waals surface area contributed by atoms with E-state index in [1.165, 1.54) is 10.7 Å². The number of nitrogens with zero attached hydrogens (tertiary/aromatic N) is 4. The fourth-order valence-corrected chi connectivity index (χ4v) is 6.25. The molecular formula is C20H19N5O6S. The topological polar surface area (TPSA) is 154 Å². The van der Waals surface area contributed by atoms with Crippen LogP contribution in [-0.4, -0.2) is 65.6 Å². The predicted octanol–water partition coefficient (Wildman–Crippen LogP) is 0.176. The molecule has 0 spiro atoms.